The number of hydrogen-bond donors (Lipinski definition) is 3. The first-order chi connectivity index (χ1) is 7.99. The molecule has 4 atom stereocenters. The molecule has 15 heavy (non-hydrogen) atoms. The molecule has 0 aromatic heterocycles. The lowest BCUT2D eigenvalue weighted by molar-refractivity contribution is -0.171. The second-order valence-corrected chi connectivity index (χ2v) is 2.67. The fourth-order valence-electron chi connectivity index (χ4n) is 0.971. The van der Waals surface area contributed by atoms with Crippen molar-refractivity contribution in [2.75, 3.05) is 14.2 Å². The number of aliphatic hydroxyl groups is 2. The Hall–Kier alpha value is -1.02. The minimum atomic E-state index is -2.08. The summed E-state index contributed by atoms with van der Waals surface area (Å²) in [6.45, 7) is 0. The molecule has 0 fully saturated rings. The minimum absolute atomic E-state index is 0.0647. The number of carboxylic acid groups (broad SMARTS) is 1. The first-order valence-corrected chi connectivity index (χ1v) is 3.85. The second kappa shape index (κ2) is 6.46. The Morgan fingerprint density at radius 2 is 1.87 bits per heavy atom. The highest BCUT2D eigenvalue weighted by molar-refractivity contribution is 5.73. The summed E-state index contributed by atoms with van der Waals surface area (Å²) >= 11 is 0. The Kier molecular flexibility index (Phi) is 4.52. The molecule has 88 valence electrons. The van der Waals surface area contributed by atoms with Crippen LogP contribution in [0, 0.1) is 0 Å². The van der Waals surface area contributed by atoms with Crippen LogP contribution in [0.3, 0.4) is 0 Å². The van der Waals surface area contributed by atoms with Gasteiger partial charge < -0.3 is 29.6 Å². The maximum Gasteiger partial charge on any atom is 0.335 e. The Labute approximate surface area is 89.0 Å². The van der Waals surface area contributed by atoms with Crippen LogP contribution in [-0.2, 0) is 19.1 Å². The van der Waals surface area contributed by atoms with E-state index in [0.29, 0.717) is 0 Å². The van der Waals surface area contributed by atoms with Crippen LogP contribution in [0.2, 0.25) is 0 Å². The molecule has 0 heterocycles. The molecule has 0 spiro atoms. The van der Waals surface area contributed by atoms with E-state index in [4.69, 9.17) is 7.85 Å². The molecule has 0 aliphatic rings. The van der Waals surface area contributed by atoms with Crippen molar-refractivity contribution in [3.8, 4) is 0 Å². The lowest BCUT2D eigenvalue weighted by Crippen LogP contribution is -2.50. The van der Waals surface area contributed by atoms with Gasteiger partial charge in [0.25, 0.3) is 0 Å². The van der Waals surface area contributed by atoms with Gasteiger partial charge in [-0.15, -0.1) is 0 Å². The van der Waals surface area contributed by atoms with Gasteiger partial charge in [0.05, 0.1) is 2.74 Å². The molecule has 0 saturated carbocycles. The van der Waals surface area contributed by atoms with Crippen LogP contribution in [0.15, 0.2) is 0 Å². The fraction of sp³-hybridized carbons (Fsp3) is 0.750. The first-order valence-electron chi connectivity index (χ1n) is 5.26. The van der Waals surface area contributed by atoms with Gasteiger partial charge in [0, 0.05) is 14.2 Å². The van der Waals surface area contributed by atoms with Crippen LogP contribution < -0.4 is 0 Å². The van der Waals surface area contributed by atoms with E-state index in [9.17, 15) is 19.8 Å². The molecule has 3 N–H and O–H groups in total. The average molecular weight is 224 g/mol. The Bertz CT molecular complexity index is 250. The Balaban J connectivity index is 4.92. The SMILES string of the molecule is [2H]CO[C@@H]([C@H](OC[2H])[C@@H](O)C=O)[C@H](O)C(=O)O. The molecule has 7 heteroatoms. The number of carboxylic acids is 1. The smallest absolute Gasteiger partial charge is 0.335 e. The molecule has 0 rings (SSSR count). The van der Waals surface area contributed by atoms with E-state index >= 15 is 0 Å². The summed E-state index contributed by atoms with van der Waals surface area (Å²) in [7, 11) is -1.36. The van der Waals surface area contributed by atoms with Crippen molar-refractivity contribution in [1.29, 1.82) is 0 Å². The van der Waals surface area contributed by atoms with Gasteiger partial charge in [0.15, 0.2) is 12.4 Å². The van der Waals surface area contributed by atoms with Crippen molar-refractivity contribution in [3.63, 3.8) is 0 Å². The maximum absolute atomic E-state index is 10.6. The largest absolute Gasteiger partial charge is 0.479 e. The van der Waals surface area contributed by atoms with Gasteiger partial charge >= 0.3 is 5.97 Å². The molecule has 7 nitrogen and oxygen atoms in total. The highest BCUT2D eigenvalue weighted by atomic mass is 16.5. The normalized spacial score (nSPS) is 20.7. The third-order valence-electron chi connectivity index (χ3n) is 1.75. The van der Waals surface area contributed by atoms with Crippen molar-refractivity contribution >= 4 is 12.3 Å². The Morgan fingerprint density at radius 1 is 1.33 bits per heavy atom. The molecule has 0 amide bonds. The van der Waals surface area contributed by atoms with E-state index < -0.39 is 44.6 Å². The highest BCUT2D eigenvalue weighted by Crippen LogP contribution is 2.11. The fourth-order valence-corrected chi connectivity index (χ4v) is 0.971. The molecule has 0 aromatic rings. The predicted molar refractivity (Wildman–Crippen MR) is 47.3 cm³/mol. The van der Waals surface area contributed by atoms with E-state index in [1.807, 2.05) is 0 Å². The standard InChI is InChI=1S/C8H14O7/c1-14-6(4(10)3-9)7(15-2)5(11)8(12)13/h3-7,10-11H,1-2H3,(H,12,13)/t4-,5-,6+,7+/m0/s1/i1D,2D. The number of carbonyl (C=O) groups is 2. The Morgan fingerprint density at radius 3 is 2.27 bits per heavy atom. The van der Waals surface area contributed by atoms with Gasteiger partial charge in [-0.05, 0) is 0 Å². The summed E-state index contributed by atoms with van der Waals surface area (Å²) in [6.07, 6.45) is -6.91. The molecule has 0 unspecified atom stereocenters. The summed E-state index contributed by atoms with van der Waals surface area (Å²) in [5.74, 6) is -1.65. The van der Waals surface area contributed by atoms with Crippen molar-refractivity contribution < 1.29 is 37.1 Å². The van der Waals surface area contributed by atoms with E-state index in [-0.39, 0.29) is 6.29 Å². The number of aliphatic hydroxyl groups excluding tert-OH is 2. The topological polar surface area (TPSA) is 113 Å². The lowest BCUT2D eigenvalue weighted by Gasteiger charge is -2.27. The average Bonchev–Trinajstić information content (AvgIpc) is 2.31. The molecule has 0 aliphatic heterocycles. The van der Waals surface area contributed by atoms with E-state index in [2.05, 4.69) is 9.47 Å². The zero-order valence-corrected chi connectivity index (χ0v) is 7.78. The lowest BCUT2D eigenvalue weighted by atomic mass is 10.0. The molecule has 0 saturated heterocycles. The maximum atomic E-state index is 10.6. The molecular weight excluding hydrogens is 208 g/mol. The quantitative estimate of drug-likeness (QED) is 0.429. The summed E-state index contributed by atoms with van der Waals surface area (Å²) < 4.78 is 22.8. The first kappa shape index (κ1) is 10.5. The number of methoxy groups -OCH3 is 2. The van der Waals surface area contributed by atoms with Gasteiger partial charge in [-0.3, -0.25) is 0 Å². The van der Waals surface area contributed by atoms with Gasteiger partial charge in [-0.2, -0.15) is 0 Å². The molecule has 0 aromatic carbocycles. The molecule has 0 radical (unpaired) electrons. The van der Waals surface area contributed by atoms with E-state index in [0.717, 1.165) is 0 Å². The second-order valence-electron chi connectivity index (χ2n) is 2.67. The van der Waals surface area contributed by atoms with Gasteiger partial charge in [-0.25, -0.2) is 4.79 Å². The van der Waals surface area contributed by atoms with Gasteiger partial charge in [0.2, 0.25) is 0 Å². The minimum Gasteiger partial charge on any atom is -0.479 e. The van der Waals surface area contributed by atoms with Crippen molar-refractivity contribution in [3.05, 3.63) is 0 Å². The summed E-state index contributed by atoms with van der Waals surface area (Å²) in [4.78, 5) is 21.0. The van der Waals surface area contributed by atoms with Crippen LogP contribution in [0.1, 0.15) is 2.74 Å². The van der Waals surface area contributed by atoms with Crippen LogP contribution in [0.25, 0.3) is 0 Å². The number of rotatable bonds is 7. The highest BCUT2D eigenvalue weighted by Gasteiger charge is 2.37. The number of ether oxygens (including phenoxy) is 2. The zero-order valence-electron chi connectivity index (χ0n) is 9.78. The van der Waals surface area contributed by atoms with Crippen molar-refractivity contribution in [2.24, 2.45) is 0 Å². The monoisotopic (exact) mass is 224 g/mol. The third kappa shape index (κ3) is 3.56. The van der Waals surface area contributed by atoms with E-state index in [1.54, 1.807) is 0 Å². The predicted octanol–water partition coefficient (Wildman–Crippen LogP) is -1.98. The number of aliphatic carboxylic acids is 1. The van der Waals surface area contributed by atoms with Crippen molar-refractivity contribution in [1.82, 2.24) is 0 Å². The number of aldehydes is 1. The third-order valence-corrected chi connectivity index (χ3v) is 1.75. The molecule has 0 bridgehead atoms. The molecule has 0 aliphatic carbocycles. The van der Waals surface area contributed by atoms with Crippen molar-refractivity contribution in [2.45, 2.75) is 24.4 Å². The zero-order chi connectivity index (χ0) is 13.4. The number of carbonyl (C=O) groups excluding carboxylic acids is 1. The van der Waals surface area contributed by atoms with E-state index in [1.165, 1.54) is 0 Å². The molecular formula is C8H14O7. The van der Waals surface area contributed by atoms with Gasteiger partial charge in [0.1, 0.15) is 18.3 Å². The van der Waals surface area contributed by atoms with Crippen LogP contribution in [0.5, 0.6) is 0 Å². The van der Waals surface area contributed by atoms with Gasteiger partial charge in [-0.1, -0.05) is 0 Å². The number of hydrogen-bond acceptors (Lipinski definition) is 6. The van der Waals surface area contributed by atoms with Crippen LogP contribution in [0.4, 0.5) is 0 Å². The summed E-state index contributed by atoms with van der Waals surface area (Å²) in [6, 6.07) is 0. The van der Waals surface area contributed by atoms with Crippen LogP contribution >= 0.6 is 0 Å². The summed E-state index contributed by atoms with van der Waals surface area (Å²) in [5.41, 5.74) is 0. The van der Waals surface area contributed by atoms with Crippen LogP contribution in [-0.4, -0.2) is 66.2 Å². The summed E-state index contributed by atoms with van der Waals surface area (Å²) in [5, 5.41) is 27.1.